The van der Waals surface area contributed by atoms with Crippen molar-refractivity contribution in [3.8, 4) is 0 Å². The summed E-state index contributed by atoms with van der Waals surface area (Å²) >= 11 is 0. The van der Waals surface area contributed by atoms with Gasteiger partial charge in [0.1, 0.15) is 0 Å². The van der Waals surface area contributed by atoms with Crippen molar-refractivity contribution >= 4 is 5.71 Å². The van der Waals surface area contributed by atoms with Gasteiger partial charge < -0.3 is 10.1 Å². The molecule has 0 saturated heterocycles. The van der Waals surface area contributed by atoms with Crippen LogP contribution in [0.5, 0.6) is 0 Å². The van der Waals surface area contributed by atoms with Gasteiger partial charge in [-0.25, -0.2) is 0 Å². The molecule has 1 aliphatic rings. The molecule has 0 aromatic heterocycles. The molecule has 60 valence electrons. The molecule has 1 rings (SSSR count). The van der Waals surface area contributed by atoms with Crippen LogP contribution in [0.15, 0.2) is 23.5 Å². The average molecular weight is 152 g/mol. The monoisotopic (exact) mass is 152 g/mol. The molecule has 1 heterocycles. The Morgan fingerprint density at radius 2 is 2.36 bits per heavy atom. The van der Waals surface area contributed by atoms with Gasteiger partial charge >= 0.3 is 0 Å². The summed E-state index contributed by atoms with van der Waals surface area (Å²) in [5.41, 5.74) is 7.78. The van der Waals surface area contributed by atoms with E-state index in [2.05, 4.69) is 0 Å². The van der Waals surface area contributed by atoms with Crippen molar-refractivity contribution in [2.75, 3.05) is 0 Å². The van der Waals surface area contributed by atoms with Crippen LogP contribution in [-0.4, -0.2) is 11.9 Å². The lowest BCUT2D eigenvalue weighted by Gasteiger charge is -2.17. The SMILES string of the molecule is CC(=N)C1=COC(N)C(C)=C1. The Bertz CT molecular complexity index is 240. The van der Waals surface area contributed by atoms with Crippen molar-refractivity contribution in [1.82, 2.24) is 0 Å². The van der Waals surface area contributed by atoms with Crippen LogP contribution in [0.2, 0.25) is 0 Å². The van der Waals surface area contributed by atoms with Crippen LogP contribution in [0.4, 0.5) is 0 Å². The fourth-order valence-electron chi connectivity index (χ4n) is 0.812. The minimum Gasteiger partial charge on any atom is -0.479 e. The molecule has 3 nitrogen and oxygen atoms in total. The molecule has 1 unspecified atom stereocenters. The van der Waals surface area contributed by atoms with E-state index in [0.717, 1.165) is 11.1 Å². The van der Waals surface area contributed by atoms with Crippen LogP contribution in [-0.2, 0) is 4.74 Å². The van der Waals surface area contributed by atoms with E-state index < -0.39 is 0 Å². The van der Waals surface area contributed by atoms with Gasteiger partial charge in [0, 0.05) is 11.3 Å². The summed E-state index contributed by atoms with van der Waals surface area (Å²) < 4.78 is 5.07. The van der Waals surface area contributed by atoms with Crippen LogP contribution in [0.3, 0.4) is 0 Å². The highest BCUT2D eigenvalue weighted by Gasteiger charge is 2.11. The summed E-state index contributed by atoms with van der Waals surface area (Å²) in [5, 5.41) is 7.31. The van der Waals surface area contributed by atoms with E-state index in [1.807, 2.05) is 13.0 Å². The highest BCUT2D eigenvalue weighted by molar-refractivity contribution is 5.98. The highest BCUT2D eigenvalue weighted by Crippen LogP contribution is 2.13. The predicted molar refractivity (Wildman–Crippen MR) is 44.3 cm³/mol. The van der Waals surface area contributed by atoms with E-state index in [1.54, 1.807) is 6.92 Å². The van der Waals surface area contributed by atoms with E-state index in [0.29, 0.717) is 5.71 Å². The van der Waals surface area contributed by atoms with E-state index in [-0.39, 0.29) is 6.23 Å². The summed E-state index contributed by atoms with van der Waals surface area (Å²) in [6.45, 7) is 3.61. The first kappa shape index (κ1) is 8.01. The van der Waals surface area contributed by atoms with Gasteiger partial charge in [-0.2, -0.15) is 0 Å². The van der Waals surface area contributed by atoms with Crippen LogP contribution >= 0.6 is 0 Å². The lowest BCUT2D eigenvalue weighted by molar-refractivity contribution is 0.177. The van der Waals surface area contributed by atoms with Crippen molar-refractivity contribution in [3.05, 3.63) is 23.5 Å². The zero-order valence-corrected chi connectivity index (χ0v) is 6.72. The molecule has 0 bridgehead atoms. The normalized spacial score (nSPS) is 23.4. The first-order valence-corrected chi connectivity index (χ1v) is 3.46. The molecule has 0 saturated carbocycles. The van der Waals surface area contributed by atoms with Gasteiger partial charge in [-0.05, 0) is 25.5 Å². The molecule has 0 fully saturated rings. The maximum absolute atomic E-state index is 7.31. The first-order valence-electron chi connectivity index (χ1n) is 3.46. The lowest BCUT2D eigenvalue weighted by Crippen LogP contribution is -2.25. The Hall–Kier alpha value is -1.09. The summed E-state index contributed by atoms with van der Waals surface area (Å²) in [7, 11) is 0. The molecule has 0 aromatic rings. The van der Waals surface area contributed by atoms with Crippen molar-refractivity contribution in [2.24, 2.45) is 5.73 Å². The fraction of sp³-hybridized carbons (Fsp3) is 0.375. The van der Waals surface area contributed by atoms with E-state index in [4.69, 9.17) is 15.9 Å². The number of nitrogens with one attached hydrogen (secondary N) is 1. The minimum atomic E-state index is -0.335. The second-order valence-corrected chi connectivity index (χ2v) is 2.64. The Morgan fingerprint density at radius 3 is 2.82 bits per heavy atom. The first-order chi connectivity index (χ1) is 5.11. The van der Waals surface area contributed by atoms with Gasteiger partial charge in [0.2, 0.25) is 0 Å². The molecular weight excluding hydrogens is 140 g/mol. The molecule has 0 aromatic carbocycles. The Morgan fingerprint density at radius 1 is 1.73 bits per heavy atom. The molecule has 3 N–H and O–H groups in total. The van der Waals surface area contributed by atoms with Crippen molar-refractivity contribution in [1.29, 1.82) is 5.41 Å². The van der Waals surface area contributed by atoms with Crippen LogP contribution in [0, 0.1) is 5.41 Å². The number of ether oxygens (including phenoxy) is 1. The fourth-order valence-corrected chi connectivity index (χ4v) is 0.812. The van der Waals surface area contributed by atoms with Gasteiger partial charge in [0.25, 0.3) is 0 Å². The molecule has 11 heavy (non-hydrogen) atoms. The molecule has 1 atom stereocenters. The Kier molecular flexibility index (Phi) is 2.10. The number of hydrogen-bond acceptors (Lipinski definition) is 3. The third-order valence-corrected chi connectivity index (χ3v) is 1.61. The Balaban J connectivity index is 2.83. The van der Waals surface area contributed by atoms with Gasteiger partial charge in [-0.15, -0.1) is 0 Å². The maximum Gasteiger partial charge on any atom is 0.169 e. The molecule has 3 heteroatoms. The average Bonchev–Trinajstić information content (AvgIpc) is 1.94. The predicted octanol–water partition coefficient (Wildman–Crippen LogP) is 1.17. The van der Waals surface area contributed by atoms with Gasteiger partial charge in [-0.3, -0.25) is 5.73 Å². The second-order valence-electron chi connectivity index (χ2n) is 2.64. The second kappa shape index (κ2) is 2.88. The lowest BCUT2D eigenvalue weighted by atomic mass is 10.1. The Labute approximate surface area is 66.0 Å². The summed E-state index contributed by atoms with van der Waals surface area (Å²) in [6, 6.07) is 0. The molecule has 0 amide bonds. The third kappa shape index (κ3) is 1.68. The zero-order chi connectivity index (χ0) is 8.43. The summed E-state index contributed by atoms with van der Waals surface area (Å²) in [5.74, 6) is 0. The van der Waals surface area contributed by atoms with E-state index >= 15 is 0 Å². The van der Waals surface area contributed by atoms with Crippen molar-refractivity contribution in [3.63, 3.8) is 0 Å². The third-order valence-electron chi connectivity index (χ3n) is 1.61. The van der Waals surface area contributed by atoms with Crippen LogP contribution in [0.25, 0.3) is 0 Å². The van der Waals surface area contributed by atoms with Gasteiger partial charge in [0.15, 0.2) is 6.23 Å². The standard InChI is InChI=1S/C8H12N2O/c1-5-3-7(6(2)9)4-11-8(5)10/h3-4,8-9H,10H2,1-2H3. The quantitative estimate of drug-likeness (QED) is 0.554. The number of rotatable bonds is 1. The molecule has 0 radical (unpaired) electrons. The highest BCUT2D eigenvalue weighted by atomic mass is 16.5. The number of hydrogen-bond donors (Lipinski definition) is 2. The topological polar surface area (TPSA) is 59.1 Å². The number of nitrogens with two attached hydrogens (primary N) is 1. The van der Waals surface area contributed by atoms with Gasteiger partial charge in [0.05, 0.1) is 6.26 Å². The molecular formula is C8H12N2O. The smallest absolute Gasteiger partial charge is 0.169 e. The van der Waals surface area contributed by atoms with E-state index in [9.17, 15) is 0 Å². The molecule has 0 aliphatic carbocycles. The van der Waals surface area contributed by atoms with E-state index in [1.165, 1.54) is 6.26 Å². The largest absolute Gasteiger partial charge is 0.479 e. The maximum atomic E-state index is 7.31. The van der Waals surface area contributed by atoms with Crippen LogP contribution in [0.1, 0.15) is 13.8 Å². The summed E-state index contributed by atoms with van der Waals surface area (Å²) in [6.07, 6.45) is 3.06. The molecule has 0 spiro atoms. The van der Waals surface area contributed by atoms with Crippen LogP contribution < -0.4 is 5.73 Å². The number of allylic oxidation sites excluding steroid dienone is 2. The summed E-state index contributed by atoms with van der Waals surface area (Å²) in [4.78, 5) is 0. The molecule has 1 aliphatic heterocycles. The zero-order valence-electron chi connectivity index (χ0n) is 6.72. The minimum absolute atomic E-state index is 0.335. The van der Waals surface area contributed by atoms with Gasteiger partial charge in [-0.1, -0.05) is 0 Å². The van der Waals surface area contributed by atoms with Crippen molar-refractivity contribution in [2.45, 2.75) is 20.1 Å². The van der Waals surface area contributed by atoms with Crippen molar-refractivity contribution < 1.29 is 4.74 Å².